The smallest absolute Gasteiger partial charge is 0.239 e. The van der Waals surface area contributed by atoms with Crippen LogP contribution in [0.15, 0.2) is 0 Å². The summed E-state index contributed by atoms with van der Waals surface area (Å²) in [5, 5.41) is 0. The van der Waals surface area contributed by atoms with Crippen molar-refractivity contribution in [2.24, 2.45) is 5.73 Å². The van der Waals surface area contributed by atoms with E-state index in [2.05, 4.69) is 11.8 Å². The van der Waals surface area contributed by atoms with E-state index >= 15 is 0 Å². The van der Waals surface area contributed by atoms with Crippen LogP contribution in [0.2, 0.25) is 0 Å². The van der Waals surface area contributed by atoms with E-state index in [0.717, 1.165) is 19.4 Å². The van der Waals surface area contributed by atoms with Crippen LogP contribution in [0.25, 0.3) is 0 Å². The van der Waals surface area contributed by atoms with E-state index in [-0.39, 0.29) is 11.9 Å². The van der Waals surface area contributed by atoms with Crippen molar-refractivity contribution in [1.29, 1.82) is 0 Å². The minimum absolute atomic E-state index is 0.0167. The zero-order chi connectivity index (χ0) is 13.8. The van der Waals surface area contributed by atoms with Crippen LogP contribution < -0.4 is 5.73 Å². The number of carbonyl (C=O) groups is 1. The number of hydrogen-bond donors (Lipinski definition) is 1. The number of nitrogens with zero attached hydrogens (tertiary/aromatic N) is 2. The third-order valence-corrected chi connectivity index (χ3v) is 4.98. The van der Waals surface area contributed by atoms with Gasteiger partial charge in [-0.3, -0.25) is 9.69 Å². The van der Waals surface area contributed by atoms with Crippen LogP contribution in [0.1, 0.15) is 51.9 Å². The molecule has 0 aromatic carbocycles. The molecule has 0 bridgehead atoms. The highest BCUT2D eigenvalue weighted by Gasteiger charge is 2.36. The molecule has 2 N–H and O–H groups in total. The second-order valence-electron chi connectivity index (χ2n) is 6.21. The van der Waals surface area contributed by atoms with Crippen LogP contribution in [0.5, 0.6) is 0 Å². The summed E-state index contributed by atoms with van der Waals surface area (Å²) in [5.41, 5.74) is 5.75. The second-order valence-corrected chi connectivity index (χ2v) is 6.21. The van der Waals surface area contributed by atoms with Gasteiger partial charge in [-0.05, 0) is 39.2 Å². The standard InChI is InChI=1S/C15H29N3O/c1-12-9-11-18(13-6-4-3-5-7-13)14(8-10-16)15(19)17(12)2/h12-14H,3-11,16H2,1-2H3. The van der Waals surface area contributed by atoms with Gasteiger partial charge in [0, 0.05) is 25.7 Å². The molecule has 1 saturated heterocycles. The first kappa shape index (κ1) is 14.8. The van der Waals surface area contributed by atoms with Gasteiger partial charge >= 0.3 is 0 Å². The zero-order valence-electron chi connectivity index (χ0n) is 12.5. The molecule has 2 unspecified atom stereocenters. The first-order chi connectivity index (χ1) is 9.15. The predicted molar refractivity (Wildman–Crippen MR) is 77.9 cm³/mol. The van der Waals surface area contributed by atoms with E-state index in [1.807, 2.05) is 11.9 Å². The van der Waals surface area contributed by atoms with Gasteiger partial charge in [0.05, 0.1) is 6.04 Å². The third kappa shape index (κ3) is 3.29. The molecule has 4 heteroatoms. The first-order valence-corrected chi connectivity index (χ1v) is 7.87. The molecule has 1 heterocycles. The highest BCUT2D eigenvalue weighted by Crippen LogP contribution is 2.28. The molecule has 1 saturated carbocycles. The van der Waals surface area contributed by atoms with Gasteiger partial charge in [0.25, 0.3) is 0 Å². The summed E-state index contributed by atoms with van der Waals surface area (Å²) in [6, 6.07) is 0.970. The van der Waals surface area contributed by atoms with E-state index in [1.54, 1.807) is 0 Å². The Morgan fingerprint density at radius 2 is 1.89 bits per heavy atom. The summed E-state index contributed by atoms with van der Waals surface area (Å²) in [6.45, 7) is 3.80. The van der Waals surface area contributed by atoms with Crippen LogP contribution in [0.3, 0.4) is 0 Å². The Morgan fingerprint density at radius 3 is 2.53 bits per heavy atom. The van der Waals surface area contributed by atoms with Crippen molar-refractivity contribution in [2.45, 2.75) is 70.0 Å². The van der Waals surface area contributed by atoms with Crippen molar-refractivity contribution < 1.29 is 4.79 Å². The van der Waals surface area contributed by atoms with Crippen molar-refractivity contribution in [3.05, 3.63) is 0 Å². The molecule has 19 heavy (non-hydrogen) atoms. The van der Waals surface area contributed by atoms with E-state index in [0.29, 0.717) is 18.6 Å². The van der Waals surface area contributed by atoms with Crippen molar-refractivity contribution in [3.8, 4) is 0 Å². The molecule has 0 aromatic rings. The molecule has 110 valence electrons. The quantitative estimate of drug-likeness (QED) is 0.845. The van der Waals surface area contributed by atoms with E-state index in [4.69, 9.17) is 5.73 Å². The van der Waals surface area contributed by atoms with E-state index < -0.39 is 0 Å². The molecule has 0 aromatic heterocycles. The molecule has 0 radical (unpaired) electrons. The van der Waals surface area contributed by atoms with Crippen molar-refractivity contribution in [3.63, 3.8) is 0 Å². The third-order valence-electron chi connectivity index (χ3n) is 4.98. The molecule has 2 fully saturated rings. The molecule has 1 aliphatic heterocycles. The molecule has 2 atom stereocenters. The highest BCUT2D eigenvalue weighted by atomic mass is 16.2. The van der Waals surface area contributed by atoms with Crippen molar-refractivity contribution >= 4 is 5.91 Å². The summed E-state index contributed by atoms with van der Waals surface area (Å²) in [7, 11) is 1.95. The highest BCUT2D eigenvalue weighted by molar-refractivity contribution is 5.82. The minimum Gasteiger partial charge on any atom is -0.342 e. The Labute approximate surface area is 117 Å². The van der Waals surface area contributed by atoms with Crippen molar-refractivity contribution in [2.75, 3.05) is 20.1 Å². The fourth-order valence-corrected chi connectivity index (χ4v) is 3.58. The second kappa shape index (κ2) is 6.71. The van der Waals surface area contributed by atoms with Gasteiger partial charge in [0.2, 0.25) is 5.91 Å². The Bertz CT molecular complexity index is 302. The lowest BCUT2D eigenvalue weighted by Gasteiger charge is -2.38. The van der Waals surface area contributed by atoms with Gasteiger partial charge < -0.3 is 10.6 Å². The molecule has 0 spiro atoms. The van der Waals surface area contributed by atoms with Crippen LogP contribution in [0.4, 0.5) is 0 Å². The van der Waals surface area contributed by atoms with Crippen LogP contribution in [0, 0.1) is 0 Å². The van der Waals surface area contributed by atoms with Gasteiger partial charge in [-0.1, -0.05) is 19.3 Å². The number of nitrogens with two attached hydrogens (primary N) is 1. The number of carbonyl (C=O) groups excluding carboxylic acids is 1. The fourth-order valence-electron chi connectivity index (χ4n) is 3.58. The summed E-state index contributed by atoms with van der Waals surface area (Å²) >= 11 is 0. The maximum atomic E-state index is 12.6. The van der Waals surface area contributed by atoms with Crippen molar-refractivity contribution in [1.82, 2.24) is 9.80 Å². The lowest BCUT2D eigenvalue weighted by molar-refractivity contribution is -0.136. The largest absolute Gasteiger partial charge is 0.342 e. The number of rotatable bonds is 3. The predicted octanol–water partition coefficient (Wildman–Crippen LogP) is 1.59. The molecular formula is C15H29N3O. The maximum Gasteiger partial charge on any atom is 0.239 e. The maximum absolute atomic E-state index is 12.6. The van der Waals surface area contributed by atoms with E-state index in [1.165, 1.54) is 32.1 Å². The minimum atomic E-state index is 0.0167. The molecular weight excluding hydrogens is 238 g/mol. The zero-order valence-corrected chi connectivity index (χ0v) is 12.5. The molecule has 2 rings (SSSR count). The normalized spacial score (nSPS) is 31.5. The molecule has 4 nitrogen and oxygen atoms in total. The van der Waals surface area contributed by atoms with Gasteiger partial charge in [-0.25, -0.2) is 0 Å². The lowest BCUT2D eigenvalue weighted by Crippen LogP contribution is -2.51. The Balaban J connectivity index is 2.15. The Hall–Kier alpha value is -0.610. The fraction of sp³-hybridized carbons (Fsp3) is 0.933. The van der Waals surface area contributed by atoms with Crippen LogP contribution >= 0.6 is 0 Å². The van der Waals surface area contributed by atoms with Gasteiger partial charge in [-0.2, -0.15) is 0 Å². The Morgan fingerprint density at radius 1 is 1.21 bits per heavy atom. The average molecular weight is 267 g/mol. The van der Waals surface area contributed by atoms with Gasteiger partial charge in [0.1, 0.15) is 0 Å². The summed E-state index contributed by atoms with van der Waals surface area (Å²) < 4.78 is 0. The number of hydrogen-bond acceptors (Lipinski definition) is 3. The van der Waals surface area contributed by atoms with Crippen LogP contribution in [-0.4, -0.2) is 54.0 Å². The average Bonchev–Trinajstić information content (AvgIpc) is 2.54. The molecule has 1 amide bonds. The number of amides is 1. The molecule has 2 aliphatic rings. The summed E-state index contributed by atoms with van der Waals surface area (Å²) in [6.07, 6.45) is 8.38. The Kier molecular flexibility index (Phi) is 5.22. The summed E-state index contributed by atoms with van der Waals surface area (Å²) in [5.74, 6) is 0.279. The first-order valence-electron chi connectivity index (χ1n) is 7.87. The topological polar surface area (TPSA) is 49.6 Å². The SMILES string of the molecule is CC1CCN(C2CCCCC2)C(CCN)C(=O)N1C. The van der Waals surface area contributed by atoms with Gasteiger partial charge in [-0.15, -0.1) is 0 Å². The van der Waals surface area contributed by atoms with E-state index in [9.17, 15) is 4.79 Å². The van der Waals surface area contributed by atoms with Gasteiger partial charge in [0.15, 0.2) is 0 Å². The summed E-state index contributed by atoms with van der Waals surface area (Å²) in [4.78, 5) is 17.0. The monoisotopic (exact) mass is 267 g/mol. The molecule has 1 aliphatic carbocycles. The van der Waals surface area contributed by atoms with Crippen LogP contribution in [-0.2, 0) is 4.79 Å². The lowest BCUT2D eigenvalue weighted by atomic mass is 9.92. The number of likely N-dealkylation sites (N-methyl/N-ethyl adjacent to an activating group) is 1.